The first-order valence-electron chi connectivity index (χ1n) is 12.0. The number of Topliss-reactive ketones (excluding diaryl/α,β-unsaturated/α-hetero) is 2. The van der Waals surface area contributed by atoms with Gasteiger partial charge in [-0.2, -0.15) is 0 Å². The van der Waals surface area contributed by atoms with Gasteiger partial charge in [0.25, 0.3) is 0 Å². The molecule has 0 amide bonds. The van der Waals surface area contributed by atoms with E-state index in [9.17, 15) is 9.59 Å². The van der Waals surface area contributed by atoms with Crippen LogP contribution in [-0.4, -0.2) is 74.9 Å². The number of hydrogen-bond donors (Lipinski definition) is 1. The summed E-state index contributed by atoms with van der Waals surface area (Å²) in [6.07, 6.45) is 5.95. The maximum absolute atomic E-state index is 12.3. The molecule has 0 radical (unpaired) electrons. The lowest BCUT2D eigenvalue weighted by Crippen LogP contribution is -2.12. The van der Waals surface area contributed by atoms with Crippen LogP contribution in [0.4, 0.5) is 0 Å². The number of nitrogens with zero attached hydrogens (tertiary/aromatic N) is 6. The standard InChI is InChI=1S/C25H31N7O4/c26-11-14-36-16-15-35-13-4-7-20(33)5-3-6-21(34)17-19-9-10-23(28-18-19)25-31-29-24(30-32-25)22-8-1-2-12-27-22/h1-2,8-10,12,18H,3-7,11,13-17,26H2. The Hall–Kier alpha value is -3.54. The van der Waals surface area contributed by atoms with Crippen LogP contribution in [0.5, 0.6) is 0 Å². The number of carbonyl (C=O) groups is 2. The Morgan fingerprint density at radius 2 is 1.39 bits per heavy atom. The van der Waals surface area contributed by atoms with Gasteiger partial charge in [0.1, 0.15) is 23.0 Å². The summed E-state index contributed by atoms with van der Waals surface area (Å²) < 4.78 is 10.6. The Morgan fingerprint density at radius 1 is 0.722 bits per heavy atom. The highest BCUT2D eigenvalue weighted by Gasteiger charge is 2.10. The number of nitrogens with two attached hydrogens (primary N) is 1. The molecule has 0 aliphatic carbocycles. The molecule has 3 aromatic rings. The van der Waals surface area contributed by atoms with E-state index in [1.165, 1.54) is 0 Å². The second-order valence-electron chi connectivity index (χ2n) is 8.04. The second-order valence-corrected chi connectivity index (χ2v) is 8.04. The van der Waals surface area contributed by atoms with Gasteiger partial charge >= 0.3 is 0 Å². The summed E-state index contributed by atoms with van der Waals surface area (Å²) in [5.74, 6) is 0.833. The number of ether oxygens (including phenoxy) is 2. The summed E-state index contributed by atoms with van der Waals surface area (Å²) in [7, 11) is 0. The van der Waals surface area contributed by atoms with Gasteiger partial charge in [0.05, 0.1) is 19.8 Å². The fraction of sp³-hybridized carbons (Fsp3) is 0.440. The monoisotopic (exact) mass is 493 g/mol. The van der Waals surface area contributed by atoms with Crippen molar-refractivity contribution >= 4 is 11.6 Å². The van der Waals surface area contributed by atoms with E-state index in [1.807, 2.05) is 12.1 Å². The minimum Gasteiger partial charge on any atom is -0.379 e. The molecule has 0 saturated carbocycles. The van der Waals surface area contributed by atoms with Gasteiger partial charge < -0.3 is 15.2 Å². The maximum Gasteiger partial charge on any atom is 0.221 e. The van der Waals surface area contributed by atoms with E-state index in [0.717, 1.165) is 5.56 Å². The average Bonchev–Trinajstić information content (AvgIpc) is 2.91. The third-order valence-corrected chi connectivity index (χ3v) is 5.12. The van der Waals surface area contributed by atoms with Gasteiger partial charge in [-0.15, -0.1) is 20.4 Å². The fourth-order valence-corrected chi connectivity index (χ4v) is 3.29. The molecular weight excluding hydrogens is 462 g/mol. The maximum atomic E-state index is 12.3. The minimum absolute atomic E-state index is 0.0671. The Morgan fingerprint density at radius 3 is 2.03 bits per heavy atom. The fourth-order valence-electron chi connectivity index (χ4n) is 3.29. The Balaban J connectivity index is 1.32. The van der Waals surface area contributed by atoms with Crippen LogP contribution < -0.4 is 5.73 Å². The molecule has 11 nitrogen and oxygen atoms in total. The SMILES string of the molecule is NCCOCCOCCCC(=O)CCCC(=O)Cc1ccc(-c2nnc(-c3ccccn3)nn2)nc1. The van der Waals surface area contributed by atoms with Crippen LogP contribution in [0.1, 0.15) is 37.7 Å². The molecular formula is C25H31N7O4. The molecule has 3 rings (SSSR count). The molecule has 11 heteroatoms. The summed E-state index contributed by atoms with van der Waals surface area (Å²) in [6, 6.07) is 8.95. The first-order chi connectivity index (χ1) is 17.7. The first-order valence-corrected chi connectivity index (χ1v) is 12.0. The number of pyridine rings is 2. The Labute approximate surface area is 209 Å². The van der Waals surface area contributed by atoms with E-state index < -0.39 is 0 Å². The topological polar surface area (TPSA) is 156 Å². The van der Waals surface area contributed by atoms with Crippen molar-refractivity contribution in [3.05, 3.63) is 48.3 Å². The predicted molar refractivity (Wildman–Crippen MR) is 132 cm³/mol. The van der Waals surface area contributed by atoms with Crippen molar-refractivity contribution in [2.75, 3.05) is 33.0 Å². The van der Waals surface area contributed by atoms with Crippen LogP contribution in [0.25, 0.3) is 23.0 Å². The van der Waals surface area contributed by atoms with Gasteiger partial charge in [0.2, 0.25) is 11.6 Å². The van der Waals surface area contributed by atoms with Crippen molar-refractivity contribution in [1.82, 2.24) is 30.4 Å². The highest BCUT2D eigenvalue weighted by atomic mass is 16.5. The summed E-state index contributed by atoms with van der Waals surface area (Å²) in [5, 5.41) is 16.3. The highest BCUT2D eigenvalue weighted by molar-refractivity contribution is 5.82. The zero-order chi connectivity index (χ0) is 25.4. The van der Waals surface area contributed by atoms with Crippen LogP contribution >= 0.6 is 0 Å². The van der Waals surface area contributed by atoms with E-state index in [1.54, 1.807) is 30.6 Å². The molecule has 0 unspecified atom stereocenters. The van der Waals surface area contributed by atoms with Crippen molar-refractivity contribution in [2.24, 2.45) is 5.73 Å². The molecule has 0 atom stereocenters. The van der Waals surface area contributed by atoms with E-state index in [0.29, 0.717) is 82.3 Å². The number of rotatable bonds is 17. The van der Waals surface area contributed by atoms with Crippen LogP contribution in [0, 0.1) is 0 Å². The van der Waals surface area contributed by atoms with E-state index >= 15 is 0 Å². The van der Waals surface area contributed by atoms with Crippen molar-refractivity contribution < 1.29 is 19.1 Å². The lowest BCUT2D eigenvalue weighted by Gasteiger charge is -2.05. The Kier molecular flexibility index (Phi) is 11.6. The van der Waals surface area contributed by atoms with Crippen molar-refractivity contribution in [3.8, 4) is 23.0 Å². The summed E-state index contributed by atoms with van der Waals surface area (Å²) in [4.78, 5) is 32.8. The third kappa shape index (κ3) is 9.61. The molecule has 2 N–H and O–H groups in total. The lowest BCUT2D eigenvalue weighted by molar-refractivity contribution is -0.120. The van der Waals surface area contributed by atoms with Gasteiger partial charge in [0.15, 0.2) is 0 Å². The number of carbonyl (C=O) groups excluding carboxylic acids is 2. The third-order valence-electron chi connectivity index (χ3n) is 5.12. The summed E-state index contributed by atoms with van der Waals surface area (Å²) in [6.45, 7) is 2.54. The van der Waals surface area contributed by atoms with Gasteiger partial charge in [-0.05, 0) is 36.6 Å². The van der Waals surface area contributed by atoms with Gasteiger partial charge in [-0.3, -0.25) is 19.6 Å². The molecule has 0 fully saturated rings. The van der Waals surface area contributed by atoms with E-state index in [4.69, 9.17) is 15.2 Å². The average molecular weight is 494 g/mol. The summed E-state index contributed by atoms with van der Waals surface area (Å²) >= 11 is 0. The van der Waals surface area contributed by atoms with Crippen LogP contribution in [-0.2, 0) is 25.5 Å². The molecule has 0 spiro atoms. The highest BCUT2D eigenvalue weighted by Crippen LogP contribution is 2.14. The lowest BCUT2D eigenvalue weighted by atomic mass is 10.0. The number of ketones is 2. The molecule has 0 saturated heterocycles. The largest absolute Gasteiger partial charge is 0.379 e. The number of aromatic nitrogens is 6. The zero-order valence-electron chi connectivity index (χ0n) is 20.2. The number of hydrogen-bond acceptors (Lipinski definition) is 11. The molecule has 0 aliphatic heterocycles. The molecule has 3 aromatic heterocycles. The summed E-state index contributed by atoms with van der Waals surface area (Å²) in [5.41, 5.74) is 7.21. The van der Waals surface area contributed by atoms with E-state index in [2.05, 4.69) is 30.4 Å². The van der Waals surface area contributed by atoms with E-state index in [-0.39, 0.29) is 23.8 Å². The molecule has 3 heterocycles. The quantitative estimate of drug-likeness (QED) is 0.274. The van der Waals surface area contributed by atoms with Crippen molar-refractivity contribution in [1.29, 1.82) is 0 Å². The first kappa shape index (κ1) is 27.1. The molecule has 0 aliphatic rings. The van der Waals surface area contributed by atoms with Crippen LogP contribution in [0.2, 0.25) is 0 Å². The van der Waals surface area contributed by atoms with Crippen molar-refractivity contribution in [2.45, 2.75) is 38.5 Å². The Bertz CT molecular complexity index is 1060. The predicted octanol–water partition coefficient (Wildman–Crippen LogP) is 2.01. The molecule has 0 bridgehead atoms. The molecule has 0 aromatic carbocycles. The van der Waals surface area contributed by atoms with Gasteiger partial charge in [-0.1, -0.05) is 12.1 Å². The molecule has 190 valence electrons. The minimum atomic E-state index is 0.0671. The normalized spacial score (nSPS) is 10.9. The van der Waals surface area contributed by atoms with Crippen LogP contribution in [0.3, 0.4) is 0 Å². The second kappa shape index (κ2) is 15.5. The van der Waals surface area contributed by atoms with Crippen LogP contribution in [0.15, 0.2) is 42.7 Å². The smallest absolute Gasteiger partial charge is 0.221 e. The van der Waals surface area contributed by atoms with Gasteiger partial charge in [-0.25, -0.2) is 0 Å². The molecule has 36 heavy (non-hydrogen) atoms. The zero-order valence-corrected chi connectivity index (χ0v) is 20.2. The van der Waals surface area contributed by atoms with Crippen molar-refractivity contribution in [3.63, 3.8) is 0 Å². The van der Waals surface area contributed by atoms with Gasteiger partial charge in [0, 0.05) is 51.2 Å².